The Labute approximate surface area is 128 Å². The predicted octanol–water partition coefficient (Wildman–Crippen LogP) is 4.43. The summed E-state index contributed by atoms with van der Waals surface area (Å²) in [4.78, 5) is 7.37. The molecule has 4 nitrogen and oxygen atoms in total. The lowest BCUT2D eigenvalue weighted by Gasteiger charge is -2.11. The Hall–Kier alpha value is -2.83. The summed E-state index contributed by atoms with van der Waals surface area (Å²) in [5.41, 5.74) is 2.35. The molecule has 23 heavy (non-hydrogen) atoms. The molecule has 0 saturated carbocycles. The van der Waals surface area contributed by atoms with Crippen LogP contribution < -0.4 is 0 Å². The third-order valence-corrected chi connectivity index (χ3v) is 3.96. The van der Waals surface area contributed by atoms with E-state index in [1.54, 1.807) is 12.4 Å². The van der Waals surface area contributed by atoms with E-state index in [2.05, 4.69) is 20.2 Å². The van der Waals surface area contributed by atoms with Gasteiger partial charge in [-0.2, -0.15) is 18.3 Å². The molecule has 0 aliphatic carbocycles. The molecule has 0 aliphatic heterocycles. The number of aryl methyl sites for hydroxylation is 1. The standard InChI is InChI=1S/C16H11F3N4/c1-8-15-10(2-3-20-15)12(6-21-8)11-4-9(16(17,18)19)5-14-13(11)7-22-23-14/h2-7,20H,1H3,(H,22,23). The molecule has 4 rings (SSSR count). The van der Waals surface area contributed by atoms with Crippen LogP contribution in [0.25, 0.3) is 32.9 Å². The molecule has 2 N–H and O–H groups in total. The fourth-order valence-corrected chi connectivity index (χ4v) is 2.84. The highest BCUT2D eigenvalue weighted by molar-refractivity contribution is 6.04. The van der Waals surface area contributed by atoms with Gasteiger partial charge in [0.1, 0.15) is 0 Å². The maximum absolute atomic E-state index is 13.2. The van der Waals surface area contributed by atoms with Gasteiger partial charge in [-0.1, -0.05) is 0 Å². The van der Waals surface area contributed by atoms with Crippen LogP contribution >= 0.6 is 0 Å². The van der Waals surface area contributed by atoms with Crippen molar-refractivity contribution in [3.63, 3.8) is 0 Å². The first kappa shape index (κ1) is 13.8. The van der Waals surface area contributed by atoms with Crippen molar-refractivity contribution in [3.05, 3.63) is 48.0 Å². The average Bonchev–Trinajstić information content (AvgIpc) is 3.15. The molecule has 0 bridgehead atoms. The quantitative estimate of drug-likeness (QED) is 0.545. The lowest BCUT2D eigenvalue weighted by Crippen LogP contribution is -2.05. The number of hydrogen-bond donors (Lipinski definition) is 2. The molecule has 0 saturated heterocycles. The summed E-state index contributed by atoms with van der Waals surface area (Å²) in [6, 6.07) is 4.06. The molecule has 0 unspecified atom stereocenters. The Morgan fingerprint density at radius 2 is 1.87 bits per heavy atom. The van der Waals surface area contributed by atoms with Crippen molar-refractivity contribution < 1.29 is 13.2 Å². The van der Waals surface area contributed by atoms with E-state index in [0.29, 0.717) is 22.0 Å². The van der Waals surface area contributed by atoms with Crippen LogP contribution in [0.1, 0.15) is 11.3 Å². The molecule has 116 valence electrons. The first-order valence-corrected chi connectivity index (χ1v) is 6.92. The Morgan fingerprint density at radius 1 is 1.04 bits per heavy atom. The normalized spacial score (nSPS) is 12.3. The van der Waals surface area contributed by atoms with E-state index in [0.717, 1.165) is 28.7 Å². The SMILES string of the molecule is Cc1ncc(-c2cc(C(F)(F)F)cc3[nH]ncc23)c2cc[nH]c12. The first-order chi connectivity index (χ1) is 10.9. The number of fused-ring (bicyclic) bond motifs is 2. The summed E-state index contributed by atoms with van der Waals surface area (Å²) in [6.45, 7) is 1.85. The third-order valence-electron chi connectivity index (χ3n) is 3.96. The van der Waals surface area contributed by atoms with Crippen LogP contribution in [-0.4, -0.2) is 20.2 Å². The van der Waals surface area contributed by atoms with Crippen LogP contribution in [0.3, 0.4) is 0 Å². The zero-order chi connectivity index (χ0) is 16.2. The van der Waals surface area contributed by atoms with Gasteiger partial charge in [-0.3, -0.25) is 10.1 Å². The predicted molar refractivity (Wildman–Crippen MR) is 80.9 cm³/mol. The van der Waals surface area contributed by atoms with Gasteiger partial charge in [-0.05, 0) is 30.7 Å². The Morgan fingerprint density at radius 3 is 2.65 bits per heavy atom. The van der Waals surface area contributed by atoms with Crippen LogP contribution in [0.4, 0.5) is 13.2 Å². The van der Waals surface area contributed by atoms with Gasteiger partial charge in [-0.25, -0.2) is 0 Å². The highest BCUT2D eigenvalue weighted by Gasteiger charge is 2.32. The van der Waals surface area contributed by atoms with Crippen molar-refractivity contribution in [2.45, 2.75) is 13.1 Å². The topological polar surface area (TPSA) is 57.4 Å². The molecule has 0 radical (unpaired) electrons. The summed E-state index contributed by atoms with van der Waals surface area (Å²) in [5.74, 6) is 0. The number of aromatic nitrogens is 4. The minimum atomic E-state index is -4.43. The van der Waals surface area contributed by atoms with Crippen molar-refractivity contribution in [3.8, 4) is 11.1 Å². The van der Waals surface area contributed by atoms with Crippen LogP contribution in [0, 0.1) is 6.92 Å². The van der Waals surface area contributed by atoms with Gasteiger partial charge in [0.05, 0.1) is 28.5 Å². The second-order valence-corrected chi connectivity index (χ2v) is 5.38. The highest BCUT2D eigenvalue weighted by Crippen LogP contribution is 2.38. The molecule has 0 fully saturated rings. The fraction of sp³-hybridized carbons (Fsp3) is 0.125. The maximum Gasteiger partial charge on any atom is 0.416 e. The highest BCUT2D eigenvalue weighted by atomic mass is 19.4. The number of rotatable bonds is 1. The minimum absolute atomic E-state index is 0.346. The summed E-state index contributed by atoms with van der Waals surface area (Å²) < 4.78 is 39.5. The van der Waals surface area contributed by atoms with Crippen molar-refractivity contribution in [1.29, 1.82) is 0 Å². The first-order valence-electron chi connectivity index (χ1n) is 6.92. The van der Waals surface area contributed by atoms with E-state index in [1.165, 1.54) is 6.20 Å². The molecule has 0 amide bonds. The van der Waals surface area contributed by atoms with Gasteiger partial charge >= 0.3 is 6.18 Å². The number of H-pyrrole nitrogens is 2. The van der Waals surface area contributed by atoms with E-state index < -0.39 is 11.7 Å². The summed E-state index contributed by atoms with van der Waals surface area (Å²) in [5, 5.41) is 7.96. The minimum Gasteiger partial charge on any atom is -0.360 e. The number of benzene rings is 1. The molecule has 3 heterocycles. The molecule has 0 atom stereocenters. The van der Waals surface area contributed by atoms with Crippen LogP contribution in [0.5, 0.6) is 0 Å². The molecule has 3 aromatic heterocycles. The van der Waals surface area contributed by atoms with E-state index in [4.69, 9.17) is 0 Å². The largest absolute Gasteiger partial charge is 0.416 e. The molecule has 4 aromatic rings. The monoisotopic (exact) mass is 316 g/mol. The lowest BCUT2D eigenvalue weighted by molar-refractivity contribution is -0.137. The average molecular weight is 316 g/mol. The van der Waals surface area contributed by atoms with Gasteiger partial charge < -0.3 is 4.98 Å². The summed E-state index contributed by atoms with van der Waals surface area (Å²) in [6.07, 6.45) is 0.461. The molecule has 1 aromatic carbocycles. The number of nitrogens with one attached hydrogen (secondary N) is 2. The fourth-order valence-electron chi connectivity index (χ4n) is 2.84. The van der Waals surface area contributed by atoms with Crippen molar-refractivity contribution >= 4 is 21.8 Å². The lowest BCUT2D eigenvalue weighted by atomic mass is 9.97. The second-order valence-electron chi connectivity index (χ2n) is 5.38. The van der Waals surface area contributed by atoms with E-state index >= 15 is 0 Å². The summed E-state index contributed by atoms with van der Waals surface area (Å²) >= 11 is 0. The number of alkyl halides is 3. The van der Waals surface area contributed by atoms with Gasteiger partial charge in [0.2, 0.25) is 0 Å². The van der Waals surface area contributed by atoms with Gasteiger partial charge in [0.25, 0.3) is 0 Å². The van der Waals surface area contributed by atoms with Gasteiger partial charge in [0, 0.05) is 28.7 Å². The Bertz CT molecular complexity index is 1030. The number of aromatic amines is 2. The van der Waals surface area contributed by atoms with Crippen molar-refractivity contribution in [2.24, 2.45) is 0 Å². The zero-order valence-electron chi connectivity index (χ0n) is 12.0. The van der Waals surface area contributed by atoms with Crippen molar-refractivity contribution in [2.75, 3.05) is 0 Å². The number of pyridine rings is 1. The summed E-state index contributed by atoms with van der Waals surface area (Å²) in [7, 11) is 0. The number of nitrogens with zero attached hydrogens (tertiary/aromatic N) is 2. The third kappa shape index (κ3) is 2.08. The van der Waals surface area contributed by atoms with E-state index in [1.807, 2.05) is 13.0 Å². The Kier molecular flexibility index (Phi) is 2.75. The molecule has 7 heteroatoms. The van der Waals surface area contributed by atoms with E-state index in [9.17, 15) is 13.2 Å². The molecule has 0 spiro atoms. The Balaban J connectivity index is 2.09. The zero-order valence-corrected chi connectivity index (χ0v) is 12.0. The second kappa shape index (κ2) is 4.58. The number of hydrogen-bond acceptors (Lipinski definition) is 2. The van der Waals surface area contributed by atoms with E-state index in [-0.39, 0.29) is 0 Å². The number of halogens is 3. The molecular formula is C16H11F3N4. The smallest absolute Gasteiger partial charge is 0.360 e. The van der Waals surface area contributed by atoms with Gasteiger partial charge in [0.15, 0.2) is 0 Å². The maximum atomic E-state index is 13.2. The van der Waals surface area contributed by atoms with Crippen LogP contribution in [0.15, 0.2) is 36.8 Å². The molecule has 0 aliphatic rings. The van der Waals surface area contributed by atoms with Crippen molar-refractivity contribution in [1.82, 2.24) is 20.2 Å². The van der Waals surface area contributed by atoms with Crippen LogP contribution in [0.2, 0.25) is 0 Å². The molecular weight excluding hydrogens is 305 g/mol. The van der Waals surface area contributed by atoms with Crippen LogP contribution in [-0.2, 0) is 6.18 Å². The van der Waals surface area contributed by atoms with Gasteiger partial charge in [-0.15, -0.1) is 0 Å².